The van der Waals surface area contributed by atoms with Gasteiger partial charge in [0.1, 0.15) is 12.5 Å². The van der Waals surface area contributed by atoms with Crippen molar-refractivity contribution in [1.82, 2.24) is 4.90 Å². The third kappa shape index (κ3) is 7.71. The van der Waals surface area contributed by atoms with Crippen LogP contribution in [0.2, 0.25) is 0 Å². The summed E-state index contributed by atoms with van der Waals surface area (Å²) in [4.78, 5) is 13.4. The maximum Gasteiger partial charge on any atom is 0.221 e. The van der Waals surface area contributed by atoms with Crippen LogP contribution in [0.1, 0.15) is 46.5 Å². The van der Waals surface area contributed by atoms with Gasteiger partial charge < -0.3 is 10.1 Å². The summed E-state index contributed by atoms with van der Waals surface area (Å²) in [5.41, 5.74) is 0.772. The van der Waals surface area contributed by atoms with Gasteiger partial charge in [-0.2, -0.15) is 0 Å². The zero-order chi connectivity index (χ0) is 15.5. The smallest absolute Gasteiger partial charge is 0.221 e. The molecule has 0 bridgehead atoms. The second-order valence-electron chi connectivity index (χ2n) is 5.31. The molecule has 1 aromatic rings. The van der Waals surface area contributed by atoms with E-state index in [0.717, 1.165) is 24.5 Å². The van der Waals surface area contributed by atoms with Gasteiger partial charge in [0.05, 0.1) is 0 Å². The standard InChI is InChI=1S/C17H28N2O2/c1-4-6-11-19(12-7-5-2)14-21-17-10-8-9-16(13-17)18-15(3)20/h8-10,13H,4-7,11-12,14H2,1-3H3,(H,18,20). The third-order valence-electron chi connectivity index (χ3n) is 3.22. The van der Waals surface area contributed by atoms with E-state index in [0.29, 0.717) is 6.73 Å². The number of carbonyl (C=O) groups excluding carboxylic acids is 1. The molecule has 0 heterocycles. The number of hydrogen-bond acceptors (Lipinski definition) is 3. The minimum absolute atomic E-state index is 0.0698. The van der Waals surface area contributed by atoms with Crippen LogP contribution in [0.15, 0.2) is 24.3 Å². The van der Waals surface area contributed by atoms with Gasteiger partial charge in [-0.25, -0.2) is 0 Å². The molecule has 0 fully saturated rings. The van der Waals surface area contributed by atoms with Crippen LogP contribution in [0.25, 0.3) is 0 Å². The molecule has 0 spiro atoms. The number of nitrogens with one attached hydrogen (secondary N) is 1. The Kier molecular flexibility index (Phi) is 8.51. The van der Waals surface area contributed by atoms with Gasteiger partial charge >= 0.3 is 0 Å². The minimum Gasteiger partial charge on any atom is -0.478 e. The first-order chi connectivity index (χ1) is 10.2. The quantitative estimate of drug-likeness (QED) is 0.665. The van der Waals surface area contributed by atoms with Crippen LogP contribution in [0.4, 0.5) is 5.69 Å². The van der Waals surface area contributed by atoms with Crippen molar-refractivity contribution in [2.24, 2.45) is 0 Å². The van der Waals surface area contributed by atoms with Crippen molar-refractivity contribution < 1.29 is 9.53 Å². The summed E-state index contributed by atoms with van der Waals surface area (Å²) in [6, 6.07) is 7.53. The Balaban J connectivity index is 2.51. The molecule has 0 aliphatic rings. The first kappa shape index (κ1) is 17.5. The van der Waals surface area contributed by atoms with Crippen molar-refractivity contribution in [3.05, 3.63) is 24.3 Å². The Hall–Kier alpha value is -1.55. The van der Waals surface area contributed by atoms with E-state index in [4.69, 9.17) is 4.74 Å². The first-order valence-corrected chi connectivity index (χ1v) is 7.88. The van der Waals surface area contributed by atoms with Crippen LogP contribution in [0.3, 0.4) is 0 Å². The van der Waals surface area contributed by atoms with Gasteiger partial charge in [-0.3, -0.25) is 9.69 Å². The van der Waals surface area contributed by atoms with Crippen molar-refractivity contribution in [2.45, 2.75) is 46.5 Å². The van der Waals surface area contributed by atoms with E-state index in [1.807, 2.05) is 24.3 Å². The molecule has 0 unspecified atom stereocenters. The Labute approximate surface area is 128 Å². The predicted molar refractivity (Wildman–Crippen MR) is 87.6 cm³/mol. The number of unbranched alkanes of at least 4 members (excludes halogenated alkanes) is 2. The fraction of sp³-hybridized carbons (Fsp3) is 0.588. The highest BCUT2D eigenvalue weighted by Gasteiger charge is 2.05. The topological polar surface area (TPSA) is 41.6 Å². The summed E-state index contributed by atoms with van der Waals surface area (Å²) in [6.07, 6.45) is 4.78. The van der Waals surface area contributed by atoms with Gasteiger partial charge in [-0.1, -0.05) is 32.8 Å². The molecular weight excluding hydrogens is 264 g/mol. The van der Waals surface area contributed by atoms with Gasteiger partial charge in [0.25, 0.3) is 0 Å². The lowest BCUT2D eigenvalue weighted by Gasteiger charge is -2.22. The molecule has 1 amide bonds. The molecule has 4 nitrogen and oxygen atoms in total. The predicted octanol–water partition coefficient (Wildman–Crippen LogP) is 3.88. The van der Waals surface area contributed by atoms with Crippen LogP contribution in [0.5, 0.6) is 5.75 Å². The maximum atomic E-state index is 11.1. The van der Waals surface area contributed by atoms with Gasteiger partial charge in [0, 0.05) is 31.8 Å². The van der Waals surface area contributed by atoms with Crippen molar-refractivity contribution >= 4 is 11.6 Å². The van der Waals surface area contributed by atoms with E-state index in [-0.39, 0.29) is 5.91 Å². The second kappa shape index (κ2) is 10.2. The van der Waals surface area contributed by atoms with Crippen LogP contribution in [0, 0.1) is 0 Å². The van der Waals surface area contributed by atoms with Crippen molar-refractivity contribution in [3.8, 4) is 5.75 Å². The van der Waals surface area contributed by atoms with E-state index in [1.54, 1.807) is 0 Å². The molecule has 1 N–H and O–H groups in total. The van der Waals surface area contributed by atoms with Crippen molar-refractivity contribution in [3.63, 3.8) is 0 Å². The number of hydrogen-bond donors (Lipinski definition) is 1. The summed E-state index contributed by atoms with van der Waals surface area (Å²) in [6.45, 7) is 8.66. The van der Waals surface area contributed by atoms with E-state index in [1.165, 1.54) is 32.6 Å². The van der Waals surface area contributed by atoms with Crippen molar-refractivity contribution in [2.75, 3.05) is 25.1 Å². The zero-order valence-electron chi connectivity index (χ0n) is 13.5. The molecule has 118 valence electrons. The number of carbonyl (C=O) groups is 1. The monoisotopic (exact) mass is 292 g/mol. The van der Waals surface area contributed by atoms with Gasteiger partial charge in [0.15, 0.2) is 0 Å². The van der Waals surface area contributed by atoms with Crippen molar-refractivity contribution in [1.29, 1.82) is 0 Å². The number of rotatable bonds is 10. The summed E-state index contributed by atoms with van der Waals surface area (Å²) >= 11 is 0. The highest BCUT2D eigenvalue weighted by atomic mass is 16.5. The van der Waals surface area contributed by atoms with E-state index in [9.17, 15) is 4.79 Å². The fourth-order valence-corrected chi connectivity index (χ4v) is 2.04. The van der Waals surface area contributed by atoms with Crippen LogP contribution < -0.4 is 10.1 Å². The number of amides is 1. The van der Waals surface area contributed by atoms with Gasteiger partial charge in [0.2, 0.25) is 5.91 Å². The molecule has 0 saturated carbocycles. The summed E-state index contributed by atoms with van der Waals surface area (Å²) in [5.74, 6) is 0.721. The van der Waals surface area contributed by atoms with Crippen LogP contribution in [-0.4, -0.2) is 30.6 Å². The Morgan fingerprint density at radius 2 is 1.86 bits per heavy atom. The fourth-order valence-electron chi connectivity index (χ4n) is 2.04. The Morgan fingerprint density at radius 1 is 1.19 bits per heavy atom. The van der Waals surface area contributed by atoms with E-state index < -0.39 is 0 Å². The SMILES string of the molecule is CCCCN(CCCC)COc1cccc(NC(C)=O)c1. The van der Waals surface area contributed by atoms with E-state index >= 15 is 0 Å². The zero-order valence-corrected chi connectivity index (χ0v) is 13.5. The largest absolute Gasteiger partial charge is 0.478 e. The molecule has 0 atom stereocenters. The molecule has 0 saturated heterocycles. The molecule has 0 radical (unpaired) electrons. The molecule has 0 aliphatic heterocycles. The number of ether oxygens (including phenoxy) is 1. The van der Waals surface area contributed by atoms with Gasteiger partial charge in [-0.05, 0) is 25.0 Å². The summed E-state index contributed by atoms with van der Waals surface area (Å²) < 4.78 is 5.86. The number of benzene rings is 1. The Morgan fingerprint density at radius 3 is 2.43 bits per heavy atom. The lowest BCUT2D eigenvalue weighted by molar-refractivity contribution is -0.114. The third-order valence-corrected chi connectivity index (χ3v) is 3.22. The Bertz CT molecular complexity index is 413. The minimum atomic E-state index is -0.0698. The molecule has 21 heavy (non-hydrogen) atoms. The molecule has 0 aromatic heterocycles. The highest BCUT2D eigenvalue weighted by molar-refractivity contribution is 5.88. The summed E-state index contributed by atoms with van der Waals surface area (Å²) in [7, 11) is 0. The molecule has 1 aromatic carbocycles. The second-order valence-corrected chi connectivity index (χ2v) is 5.31. The average molecular weight is 292 g/mol. The molecule has 0 aliphatic carbocycles. The molecule has 1 rings (SSSR count). The number of anilines is 1. The number of nitrogens with zero attached hydrogens (tertiary/aromatic N) is 1. The van der Waals surface area contributed by atoms with E-state index in [2.05, 4.69) is 24.1 Å². The van der Waals surface area contributed by atoms with Crippen LogP contribution in [-0.2, 0) is 4.79 Å². The normalized spacial score (nSPS) is 10.7. The first-order valence-electron chi connectivity index (χ1n) is 7.88. The average Bonchev–Trinajstić information content (AvgIpc) is 2.46. The summed E-state index contributed by atoms with van der Waals surface area (Å²) in [5, 5.41) is 2.77. The lowest BCUT2D eigenvalue weighted by atomic mass is 10.3. The van der Waals surface area contributed by atoms with Gasteiger partial charge in [-0.15, -0.1) is 0 Å². The lowest BCUT2D eigenvalue weighted by Crippen LogP contribution is -2.30. The molecule has 4 heteroatoms. The highest BCUT2D eigenvalue weighted by Crippen LogP contribution is 2.17. The van der Waals surface area contributed by atoms with Crippen LogP contribution >= 0.6 is 0 Å². The maximum absolute atomic E-state index is 11.1. The molecular formula is C17H28N2O2.